The zero-order chi connectivity index (χ0) is 17.0. The van der Waals surface area contributed by atoms with Gasteiger partial charge in [0.15, 0.2) is 6.54 Å². The summed E-state index contributed by atoms with van der Waals surface area (Å²) >= 11 is 12.0. The van der Waals surface area contributed by atoms with Crippen molar-refractivity contribution in [3.8, 4) is 0 Å². The van der Waals surface area contributed by atoms with Crippen LogP contribution in [0.2, 0.25) is 10.0 Å². The van der Waals surface area contributed by atoms with E-state index >= 15 is 0 Å². The minimum Gasteiger partial charge on any atom is -0.326 e. The average Bonchev–Trinajstić information content (AvgIpc) is 2.46. The van der Waals surface area contributed by atoms with E-state index in [1.54, 1.807) is 18.2 Å². The van der Waals surface area contributed by atoms with Gasteiger partial charge in [0.25, 0.3) is 5.91 Å². The summed E-state index contributed by atoms with van der Waals surface area (Å²) in [5, 5.41) is 3.84. The minimum absolute atomic E-state index is 0.0866. The largest absolute Gasteiger partial charge is 0.326 e. The summed E-state index contributed by atoms with van der Waals surface area (Å²) in [7, 11) is 2.00. The molecule has 0 bridgehead atoms. The van der Waals surface area contributed by atoms with Crippen molar-refractivity contribution >= 4 is 34.8 Å². The maximum atomic E-state index is 12.2. The quantitative estimate of drug-likeness (QED) is 0.851. The van der Waals surface area contributed by atoms with Crippen LogP contribution >= 0.6 is 23.2 Å². The van der Waals surface area contributed by atoms with E-state index in [9.17, 15) is 4.79 Å². The topological polar surface area (TPSA) is 33.5 Å². The molecule has 2 aromatic carbocycles. The van der Waals surface area contributed by atoms with Gasteiger partial charge >= 0.3 is 0 Å². The monoisotopic (exact) mass is 351 g/mol. The normalized spacial score (nSPS) is 12.0. The standard InChI is InChI=1S/C18H20Cl2N2O/c1-12-4-5-14(13(2)8-12)10-22(3)11-18(23)21-17-9-15(19)6-7-16(17)20/h4-9H,10-11H2,1-3H3,(H,21,23)/p+1. The highest BCUT2D eigenvalue weighted by Crippen LogP contribution is 2.25. The number of anilines is 1. The Kier molecular flexibility index (Phi) is 6.05. The van der Waals surface area contributed by atoms with E-state index in [1.165, 1.54) is 16.7 Å². The molecule has 0 heterocycles. The Morgan fingerprint density at radius 1 is 1.13 bits per heavy atom. The van der Waals surface area contributed by atoms with Crippen LogP contribution in [0.3, 0.4) is 0 Å². The van der Waals surface area contributed by atoms with Crippen molar-refractivity contribution in [3.05, 3.63) is 63.1 Å². The molecule has 0 saturated heterocycles. The lowest BCUT2D eigenvalue weighted by molar-refractivity contribution is -0.885. The Labute approximate surface area is 147 Å². The lowest BCUT2D eigenvalue weighted by Gasteiger charge is -2.16. The van der Waals surface area contributed by atoms with Gasteiger partial charge in [-0.25, -0.2) is 0 Å². The molecule has 0 aromatic heterocycles. The summed E-state index contributed by atoms with van der Waals surface area (Å²) < 4.78 is 0. The molecule has 122 valence electrons. The second kappa shape index (κ2) is 7.82. The van der Waals surface area contributed by atoms with Crippen molar-refractivity contribution in [1.29, 1.82) is 0 Å². The Morgan fingerprint density at radius 3 is 2.57 bits per heavy atom. The molecule has 0 aliphatic heterocycles. The first-order valence-corrected chi connectivity index (χ1v) is 8.23. The molecule has 2 rings (SSSR count). The van der Waals surface area contributed by atoms with E-state index in [1.807, 2.05) is 7.05 Å². The van der Waals surface area contributed by atoms with Crippen LogP contribution in [0.4, 0.5) is 5.69 Å². The zero-order valence-corrected chi connectivity index (χ0v) is 15.1. The Bertz CT molecular complexity index is 716. The first-order valence-electron chi connectivity index (χ1n) is 7.47. The van der Waals surface area contributed by atoms with Gasteiger partial charge in [0.2, 0.25) is 0 Å². The van der Waals surface area contributed by atoms with Gasteiger partial charge in [-0.15, -0.1) is 0 Å². The van der Waals surface area contributed by atoms with Gasteiger partial charge in [-0.05, 0) is 37.6 Å². The number of hydrogen-bond acceptors (Lipinski definition) is 1. The first-order chi connectivity index (χ1) is 10.8. The first kappa shape index (κ1) is 17.8. The summed E-state index contributed by atoms with van der Waals surface area (Å²) in [6.45, 7) is 5.33. The molecule has 1 amide bonds. The molecule has 0 radical (unpaired) electrons. The smallest absolute Gasteiger partial charge is 0.279 e. The van der Waals surface area contributed by atoms with E-state index in [0.717, 1.165) is 11.4 Å². The average molecular weight is 352 g/mol. The van der Waals surface area contributed by atoms with E-state index < -0.39 is 0 Å². The predicted molar refractivity (Wildman–Crippen MR) is 96.5 cm³/mol. The van der Waals surface area contributed by atoms with Gasteiger partial charge in [0.05, 0.1) is 17.8 Å². The third-order valence-electron chi connectivity index (χ3n) is 3.66. The summed E-state index contributed by atoms with van der Waals surface area (Å²) in [4.78, 5) is 13.3. The lowest BCUT2D eigenvalue weighted by Crippen LogP contribution is -3.08. The molecule has 1 unspecified atom stereocenters. The molecule has 1 atom stereocenters. The summed E-state index contributed by atoms with van der Waals surface area (Å²) in [5.74, 6) is -0.0866. The number of carbonyl (C=O) groups is 1. The van der Waals surface area contributed by atoms with Crippen molar-refractivity contribution in [2.45, 2.75) is 20.4 Å². The third kappa shape index (κ3) is 5.24. The fraction of sp³-hybridized carbons (Fsp3) is 0.278. The Hall–Kier alpha value is -1.55. The van der Waals surface area contributed by atoms with Crippen LogP contribution in [0.1, 0.15) is 16.7 Å². The molecule has 3 nitrogen and oxygen atoms in total. The summed E-state index contributed by atoms with van der Waals surface area (Å²) in [6.07, 6.45) is 0. The van der Waals surface area contributed by atoms with Gasteiger partial charge in [-0.2, -0.15) is 0 Å². The van der Waals surface area contributed by atoms with E-state index in [4.69, 9.17) is 23.2 Å². The number of aryl methyl sites for hydroxylation is 2. The number of quaternary nitrogens is 1. The Morgan fingerprint density at radius 2 is 1.87 bits per heavy atom. The van der Waals surface area contributed by atoms with Gasteiger partial charge in [0, 0.05) is 10.6 Å². The fourth-order valence-electron chi connectivity index (χ4n) is 2.49. The molecule has 0 aliphatic rings. The van der Waals surface area contributed by atoms with Crippen molar-refractivity contribution in [1.82, 2.24) is 0 Å². The van der Waals surface area contributed by atoms with Crippen LogP contribution in [0.15, 0.2) is 36.4 Å². The number of benzene rings is 2. The van der Waals surface area contributed by atoms with Gasteiger partial charge < -0.3 is 10.2 Å². The summed E-state index contributed by atoms with van der Waals surface area (Å²) in [6, 6.07) is 11.4. The number of rotatable bonds is 5. The lowest BCUT2D eigenvalue weighted by atomic mass is 10.1. The van der Waals surface area contributed by atoms with Crippen LogP contribution in [-0.2, 0) is 11.3 Å². The number of nitrogens with one attached hydrogen (secondary N) is 2. The van der Waals surface area contributed by atoms with Gasteiger partial charge in [-0.3, -0.25) is 4.79 Å². The van der Waals surface area contributed by atoms with E-state index in [0.29, 0.717) is 22.3 Å². The highest BCUT2D eigenvalue weighted by molar-refractivity contribution is 6.35. The number of carbonyl (C=O) groups excluding carboxylic acids is 1. The second-order valence-corrected chi connectivity index (χ2v) is 6.76. The van der Waals surface area contributed by atoms with Crippen molar-refractivity contribution < 1.29 is 9.69 Å². The summed E-state index contributed by atoms with van der Waals surface area (Å²) in [5.41, 5.74) is 4.30. The number of likely N-dealkylation sites (N-methyl/N-ethyl adjacent to an activating group) is 1. The minimum atomic E-state index is -0.0866. The highest BCUT2D eigenvalue weighted by atomic mass is 35.5. The molecule has 2 N–H and O–H groups in total. The molecular formula is C18H21Cl2N2O+. The van der Waals surface area contributed by atoms with Gasteiger partial charge in [0.1, 0.15) is 6.54 Å². The predicted octanol–water partition coefficient (Wildman–Crippen LogP) is 3.26. The molecular weight excluding hydrogens is 331 g/mol. The van der Waals surface area contributed by atoms with Crippen LogP contribution in [0.25, 0.3) is 0 Å². The van der Waals surface area contributed by atoms with Crippen molar-refractivity contribution in [3.63, 3.8) is 0 Å². The number of halogens is 2. The fourth-order valence-corrected chi connectivity index (χ4v) is 2.83. The number of amides is 1. The van der Waals surface area contributed by atoms with Crippen molar-refractivity contribution in [2.24, 2.45) is 0 Å². The van der Waals surface area contributed by atoms with E-state index in [2.05, 4.69) is 37.4 Å². The van der Waals surface area contributed by atoms with E-state index in [-0.39, 0.29) is 5.91 Å². The Balaban J connectivity index is 1.95. The van der Waals surface area contributed by atoms with Crippen LogP contribution in [-0.4, -0.2) is 19.5 Å². The molecule has 0 aliphatic carbocycles. The molecule has 0 saturated carbocycles. The molecule has 0 fully saturated rings. The number of hydrogen-bond donors (Lipinski definition) is 2. The third-order valence-corrected chi connectivity index (χ3v) is 4.22. The second-order valence-electron chi connectivity index (χ2n) is 5.91. The van der Waals surface area contributed by atoms with Crippen LogP contribution in [0.5, 0.6) is 0 Å². The molecule has 23 heavy (non-hydrogen) atoms. The van der Waals surface area contributed by atoms with Crippen LogP contribution in [0, 0.1) is 13.8 Å². The zero-order valence-electron chi connectivity index (χ0n) is 13.5. The maximum Gasteiger partial charge on any atom is 0.279 e. The molecule has 5 heteroatoms. The van der Waals surface area contributed by atoms with Gasteiger partial charge in [-0.1, -0.05) is 47.0 Å². The molecule has 0 spiro atoms. The van der Waals surface area contributed by atoms with Crippen molar-refractivity contribution in [2.75, 3.05) is 18.9 Å². The molecule has 2 aromatic rings. The maximum absolute atomic E-state index is 12.2. The SMILES string of the molecule is Cc1ccc(C[NH+](C)CC(=O)Nc2cc(Cl)ccc2Cl)c(C)c1. The highest BCUT2D eigenvalue weighted by Gasteiger charge is 2.13. The van der Waals surface area contributed by atoms with Crippen LogP contribution < -0.4 is 10.2 Å².